The fraction of sp³-hybridized carbons (Fsp3) is 1.00. The van der Waals surface area contributed by atoms with Crippen LogP contribution in [0, 0.1) is 0 Å². The van der Waals surface area contributed by atoms with Crippen LogP contribution in [-0.4, -0.2) is 11.7 Å². The molecule has 74 valence electrons. The number of aliphatic hydroxyl groups is 1. The molecule has 0 aliphatic carbocycles. The van der Waals surface area contributed by atoms with Gasteiger partial charge in [0.15, 0.2) is 0 Å². The molecule has 1 N–H and O–H groups in total. The van der Waals surface area contributed by atoms with Gasteiger partial charge >= 0.3 is 0 Å². The molecule has 1 nitrogen and oxygen atoms in total. The molecule has 0 aromatic heterocycles. The Morgan fingerprint density at radius 2 is 1.08 bits per heavy atom. The quantitative estimate of drug-likeness (QED) is 0.602. The van der Waals surface area contributed by atoms with Crippen molar-refractivity contribution in [2.75, 3.05) is 6.61 Å². The van der Waals surface area contributed by atoms with Crippen LogP contribution in [0.5, 0.6) is 0 Å². The summed E-state index contributed by atoms with van der Waals surface area (Å²) in [6.45, 7) is 6.86. The van der Waals surface area contributed by atoms with E-state index in [1.54, 1.807) is 0 Å². The molecule has 0 heterocycles. The minimum Gasteiger partial charge on any atom is -0.396 e. The first-order valence-electron chi connectivity index (χ1n) is 4.94. The predicted octanol–water partition coefficient (Wildman–Crippen LogP) is 3.36. The maximum Gasteiger partial charge on any atom is 0.0430 e. The molecular formula is C10H24HfO. The largest absolute Gasteiger partial charge is 0.396 e. The first-order chi connectivity index (χ1) is 5.33. The van der Waals surface area contributed by atoms with Crippen LogP contribution >= 0.6 is 0 Å². The van der Waals surface area contributed by atoms with E-state index in [2.05, 4.69) is 20.8 Å². The predicted molar refractivity (Wildman–Crippen MR) is 51.8 cm³/mol. The van der Waals surface area contributed by atoms with Gasteiger partial charge in [0.1, 0.15) is 0 Å². The van der Waals surface area contributed by atoms with E-state index in [-0.39, 0.29) is 25.8 Å². The standard InChI is InChI=1S/C6H14.C4H10O.Hf/c1-3-5-6-4-2;1-2-3-4-5;/h3-6H2,1-2H3;5H,2-4H2,1H3;. The van der Waals surface area contributed by atoms with Gasteiger partial charge in [-0.3, -0.25) is 0 Å². The molecule has 0 aliphatic heterocycles. The van der Waals surface area contributed by atoms with Gasteiger partial charge in [0.05, 0.1) is 0 Å². The topological polar surface area (TPSA) is 20.2 Å². The van der Waals surface area contributed by atoms with Gasteiger partial charge in [0, 0.05) is 32.5 Å². The van der Waals surface area contributed by atoms with E-state index in [1.807, 2.05) is 0 Å². The summed E-state index contributed by atoms with van der Waals surface area (Å²) < 4.78 is 0. The Hall–Kier alpha value is 0.830. The molecule has 0 saturated carbocycles. The molecule has 0 aromatic carbocycles. The average molecular weight is 339 g/mol. The summed E-state index contributed by atoms with van der Waals surface area (Å²) in [6, 6.07) is 0. The van der Waals surface area contributed by atoms with Crippen molar-refractivity contribution in [1.29, 1.82) is 0 Å². The second-order valence-electron chi connectivity index (χ2n) is 2.78. The number of hydrogen-bond donors (Lipinski definition) is 1. The molecule has 0 aromatic rings. The maximum absolute atomic E-state index is 8.07. The SMILES string of the molecule is CCCCCC.CCCCO.[Hf]. The summed E-state index contributed by atoms with van der Waals surface area (Å²) in [5, 5.41) is 8.07. The summed E-state index contributed by atoms with van der Waals surface area (Å²) in [5.74, 6) is 0. The third-order valence-corrected chi connectivity index (χ3v) is 1.47. The molecule has 0 unspecified atom stereocenters. The van der Waals surface area contributed by atoms with Crippen LogP contribution in [0.15, 0.2) is 0 Å². The minimum atomic E-state index is 0. The van der Waals surface area contributed by atoms with Crippen molar-refractivity contribution in [1.82, 2.24) is 0 Å². The van der Waals surface area contributed by atoms with Crippen LogP contribution in [0.25, 0.3) is 0 Å². The van der Waals surface area contributed by atoms with E-state index in [0.717, 1.165) is 12.8 Å². The second kappa shape index (κ2) is 22.6. The molecule has 0 rings (SSSR count). The molecule has 0 radical (unpaired) electrons. The van der Waals surface area contributed by atoms with Crippen molar-refractivity contribution >= 4 is 0 Å². The molecule has 0 fully saturated rings. The van der Waals surface area contributed by atoms with Crippen LogP contribution in [0.1, 0.15) is 59.3 Å². The maximum atomic E-state index is 8.07. The zero-order chi connectivity index (χ0) is 8.95. The van der Waals surface area contributed by atoms with Gasteiger partial charge in [-0.25, -0.2) is 0 Å². The van der Waals surface area contributed by atoms with E-state index < -0.39 is 0 Å². The van der Waals surface area contributed by atoms with E-state index in [1.165, 1.54) is 25.7 Å². The van der Waals surface area contributed by atoms with Crippen molar-refractivity contribution in [3.05, 3.63) is 0 Å². The molecule has 0 spiro atoms. The second-order valence-corrected chi connectivity index (χ2v) is 2.78. The Morgan fingerprint density at radius 3 is 1.17 bits per heavy atom. The smallest absolute Gasteiger partial charge is 0.0430 e. The summed E-state index contributed by atoms with van der Waals surface area (Å²) in [6.07, 6.45) is 7.57. The van der Waals surface area contributed by atoms with Crippen LogP contribution in [0.4, 0.5) is 0 Å². The molecule has 0 amide bonds. The third-order valence-electron chi connectivity index (χ3n) is 1.47. The number of aliphatic hydroxyl groups excluding tert-OH is 1. The third kappa shape index (κ3) is 30.8. The molecule has 2 heteroatoms. The van der Waals surface area contributed by atoms with Crippen molar-refractivity contribution < 1.29 is 30.9 Å². The number of hydrogen-bond acceptors (Lipinski definition) is 1. The van der Waals surface area contributed by atoms with Crippen LogP contribution < -0.4 is 0 Å². The van der Waals surface area contributed by atoms with E-state index in [0.29, 0.717) is 6.61 Å². The summed E-state index contributed by atoms with van der Waals surface area (Å²) in [4.78, 5) is 0. The first kappa shape index (κ1) is 18.6. The summed E-state index contributed by atoms with van der Waals surface area (Å²) in [7, 11) is 0. The Kier molecular flexibility index (Phi) is 35.0. The Morgan fingerprint density at radius 1 is 0.750 bits per heavy atom. The molecule has 0 bridgehead atoms. The van der Waals surface area contributed by atoms with E-state index in [4.69, 9.17) is 5.11 Å². The van der Waals surface area contributed by atoms with Gasteiger partial charge < -0.3 is 5.11 Å². The zero-order valence-electron chi connectivity index (χ0n) is 8.90. The van der Waals surface area contributed by atoms with Gasteiger partial charge in [-0.2, -0.15) is 0 Å². The summed E-state index contributed by atoms with van der Waals surface area (Å²) >= 11 is 0. The summed E-state index contributed by atoms with van der Waals surface area (Å²) in [5.41, 5.74) is 0. The molecule has 12 heavy (non-hydrogen) atoms. The van der Waals surface area contributed by atoms with Crippen LogP contribution in [-0.2, 0) is 25.8 Å². The Balaban J connectivity index is -0.000000126. The normalized spacial score (nSPS) is 8.00. The Labute approximate surface area is 96.7 Å². The number of rotatable bonds is 5. The zero-order valence-corrected chi connectivity index (χ0v) is 12.5. The van der Waals surface area contributed by atoms with Crippen LogP contribution in [0.3, 0.4) is 0 Å². The van der Waals surface area contributed by atoms with E-state index >= 15 is 0 Å². The monoisotopic (exact) mass is 340 g/mol. The fourth-order valence-electron chi connectivity index (χ4n) is 0.658. The average Bonchev–Trinajstić information content (AvgIpc) is 2.04. The minimum absolute atomic E-state index is 0. The van der Waals surface area contributed by atoms with Gasteiger partial charge in [0.25, 0.3) is 0 Å². The van der Waals surface area contributed by atoms with Gasteiger partial charge in [0.2, 0.25) is 0 Å². The first-order valence-corrected chi connectivity index (χ1v) is 4.94. The van der Waals surface area contributed by atoms with E-state index in [9.17, 15) is 0 Å². The fourth-order valence-corrected chi connectivity index (χ4v) is 0.658. The number of unbranched alkanes of at least 4 members (excludes halogenated alkanes) is 4. The van der Waals surface area contributed by atoms with Gasteiger partial charge in [-0.15, -0.1) is 0 Å². The van der Waals surface area contributed by atoms with Crippen molar-refractivity contribution in [2.24, 2.45) is 0 Å². The molecule has 0 saturated heterocycles. The van der Waals surface area contributed by atoms with Crippen LogP contribution in [0.2, 0.25) is 0 Å². The molecular weight excluding hydrogens is 315 g/mol. The molecule has 0 atom stereocenters. The Bertz CT molecular complexity index is 43.1. The molecule has 0 aliphatic rings. The van der Waals surface area contributed by atoms with Gasteiger partial charge in [-0.05, 0) is 6.42 Å². The van der Waals surface area contributed by atoms with Crippen molar-refractivity contribution in [3.63, 3.8) is 0 Å². The van der Waals surface area contributed by atoms with Crippen molar-refractivity contribution in [3.8, 4) is 0 Å². The van der Waals surface area contributed by atoms with Gasteiger partial charge in [-0.1, -0.05) is 52.9 Å². The van der Waals surface area contributed by atoms with Crippen molar-refractivity contribution in [2.45, 2.75) is 59.3 Å².